The summed E-state index contributed by atoms with van der Waals surface area (Å²) in [4.78, 5) is 77.9. The molecule has 6 bridgehead atoms. The first-order valence-corrected chi connectivity index (χ1v) is 22.9. The number of esters is 1. The Kier molecular flexibility index (Phi) is 12.9. The third kappa shape index (κ3) is 8.97. The molecular formula is C51H59N8O8+. The first-order chi connectivity index (χ1) is 32.0. The summed E-state index contributed by atoms with van der Waals surface area (Å²) < 4.78 is 15.0. The highest BCUT2D eigenvalue weighted by atomic mass is 16.5. The van der Waals surface area contributed by atoms with Crippen LogP contribution in [0.1, 0.15) is 63.8 Å². The fourth-order valence-electron chi connectivity index (χ4n) is 10.3. The van der Waals surface area contributed by atoms with E-state index in [1.165, 1.54) is 20.6 Å². The Morgan fingerprint density at radius 3 is 2.64 bits per heavy atom. The molecule has 8 rings (SSSR count). The van der Waals surface area contributed by atoms with E-state index in [9.17, 15) is 29.5 Å². The molecule has 0 radical (unpaired) electrons. The number of hydrogen-bond donors (Lipinski definition) is 2. The minimum Gasteiger partial charge on any atom is -0.508 e. The number of nitrogens with one attached hydrogen (secondary N) is 1. The number of phenols is 1. The first kappa shape index (κ1) is 46.8. The molecule has 4 aliphatic rings. The van der Waals surface area contributed by atoms with E-state index in [0.29, 0.717) is 49.0 Å². The molecule has 4 aliphatic heterocycles. The van der Waals surface area contributed by atoms with Gasteiger partial charge in [0.15, 0.2) is 6.04 Å². The highest BCUT2D eigenvalue weighted by Gasteiger charge is 2.69. The molecule has 6 heterocycles. The Labute approximate surface area is 390 Å². The molecule has 0 aliphatic carbocycles. The predicted octanol–water partition coefficient (Wildman–Crippen LogP) is 4.79. The van der Waals surface area contributed by atoms with Crippen molar-refractivity contribution in [3.63, 3.8) is 0 Å². The van der Waals surface area contributed by atoms with Gasteiger partial charge in [-0.3, -0.25) is 29.2 Å². The number of carbonyl (C=O) groups excluding carboxylic acids is 5. The van der Waals surface area contributed by atoms with Gasteiger partial charge in [0.05, 0.1) is 43.0 Å². The van der Waals surface area contributed by atoms with Crippen molar-refractivity contribution in [2.45, 2.75) is 90.6 Å². The number of aromatic hydroxyl groups is 1. The molecule has 4 atom stereocenters. The Bertz CT molecular complexity index is 2750. The Morgan fingerprint density at radius 1 is 1.12 bits per heavy atom. The van der Waals surface area contributed by atoms with Crippen molar-refractivity contribution in [1.29, 1.82) is 5.26 Å². The summed E-state index contributed by atoms with van der Waals surface area (Å²) in [7, 11) is 3.20. The Balaban J connectivity index is 1.23. The number of hydrazine groups is 1. The normalized spacial score (nSPS) is 21.9. The maximum Gasteiger partial charge on any atom is 0.411 e. The summed E-state index contributed by atoms with van der Waals surface area (Å²) in [5.74, 6) is -2.87. The highest BCUT2D eigenvalue weighted by molar-refractivity contribution is 6.10. The number of aromatic nitrogens is 2. The SMILES string of the molecule is C=CC(=O)N1CC[C@H](C(=O)N(C)[C@H](C(=O)[N+]2=C[C@@]23Cc2cc(O)cc(c2)-c2ccc4c(c2)c(c(-c2cccnc2COC)n4CC#N)CC(C)(C)COC(=O)[C@@H]2CCCN(N2)C3=O)C(C)C)C1. The molecule has 4 aromatic rings. The van der Waals surface area contributed by atoms with E-state index in [0.717, 1.165) is 33.3 Å². The quantitative estimate of drug-likeness (QED) is 0.134. The van der Waals surface area contributed by atoms with Gasteiger partial charge < -0.3 is 28.9 Å². The lowest BCUT2D eigenvalue weighted by Gasteiger charge is -2.34. The van der Waals surface area contributed by atoms with E-state index in [1.54, 1.807) is 43.6 Å². The maximum absolute atomic E-state index is 15.0. The number of ether oxygens (including phenoxy) is 2. The number of nitrogens with zero attached hydrogens (tertiary/aromatic N) is 7. The second-order valence-electron chi connectivity index (χ2n) is 19.4. The van der Waals surface area contributed by atoms with Gasteiger partial charge in [0, 0.05) is 61.9 Å². The zero-order valence-corrected chi connectivity index (χ0v) is 39.1. The molecule has 16 heteroatoms. The number of amides is 4. The van der Waals surface area contributed by atoms with Crippen molar-refractivity contribution in [2.24, 2.45) is 17.3 Å². The number of likely N-dealkylation sites (tertiary alicyclic amines) is 1. The van der Waals surface area contributed by atoms with Crippen LogP contribution in [-0.4, -0.2) is 128 Å². The molecular weight excluding hydrogens is 853 g/mol. The van der Waals surface area contributed by atoms with Crippen LogP contribution in [-0.2, 0) is 59.4 Å². The van der Waals surface area contributed by atoms with E-state index in [1.807, 2.05) is 68.7 Å². The van der Waals surface area contributed by atoms with E-state index in [2.05, 4.69) is 23.1 Å². The average molecular weight is 912 g/mol. The van der Waals surface area contributed by atoms with Crippen LogP contribution in [0.25, 0.3) is 33.3 Å². The van der Waals surface area contributed by atoms with Crippen LogP contribution in [0.3, 0.4) is 0 Å². The van der Waals surface area contributed by atoms with Gasteiger partial charge in [0.25, 0.3) is 0 Å². The lowest BCUT2D eigenvalue weighted by atomic mass is 9.84. The summed E-state index contributed by atoms with van der Waals surface area (Å²) in [6.45, 7) is 12.5. The van der Waals surface area contributed by atoms with Crippen molar-refractivity contribution in [3.8, 4) is 34.2 Å². The molecule has 2 saturated heterocycles. The fourth-order valence-corrected chi connectivity index (χ4v) is 10.3. The van der Waals surface area contributed by atoms with Crippen LogP contribution in [0.4, 0.5) is 0 Å². The zero-order valence-electron chi connectivity index (χ0n) is 39.1. The molecule has 0 saturated carbocycles. The van der Waals surface area contributed by atoms with E-state index >= 15 is 4.79 Å². The second kappa shape index (κ2) is 18.5. The van der Waals surface area contributed by atoms with Crippen LogP contribution in [0.15, 0.2) is 67.4 Å². The maximum atomic E-state index is 15.0. The summed E-state index contributed by atoms with van der Waals surface area (Å²) in [5.41, 5.74) is 7.00. The number of carbonyl (C=O) groups is 5. The molecule has 67 heavy (non-hydrogen) atoms. The Hall–Kier alpha value is -6.70. The standard InChI is InChI=1S/C51H58N8O8/c1-8-43(61)56-19-15-34(27-56)46(62)55(6)44(31(2)3)47(63)58-29-51(58)25-32-21-35(23-36(60)22-32)33-13-14-42-38(24-33)39(45(57(42)20-16-52)37-11-9-17-53-41(37)28-66-7)26-50(4,5)30-67-48(64)40-12-10-18-59(54-40)49(51)65/h8-9,11,13-14,17,21-24,29,31,34,40,44,54H,1,10,12,15,18-20,25-28,30H2,2-7H3/p+1/t34-,40-,44-,51+/m0/s1. The van der Waals surface area contributed by atoms with Crippen molar-refractivity contribution < 1.29 is 43.1 Å². The fraction of sp³-hybridized carbons (Fsp3) is 0.451. The predicted molar refractivity (Wildman–Crippen MR) is 249 cm³/mol. The number of nitriles is 1. The minimum absolute atomic E-state index is 0.0242. The van der Waals surface area contributed by atoms with Crippen molar-refractivity contribution in [2.75, 3.05) is 40.4 Å². The van der Waals surface area contributed by atoms with E-state index in [4.69, 9.17) is 9.47 Å². The number of phenolic OH excluding ortho intramolecular Hbond substituents is 1. The molecule has 0 unspecified atom stereocenters. The minimum atomic E-state index is -1.55. The van der Waals surface area contributed by atoms with Gasteiger partial charge in [-0.1, -0.05) is 46.4 Å². The van der Waals surface area contributed by atoms with Crippen LogP contribution in [0.5, 0.6) is 5.75 Å². The molecule has 2 aromatic carbocycles. The number of rotatable bonds is 9. The first-order valence-electron chi connectivity index (χ1n) is 22.9. The smallest absolute Gasteiger partial charge is 0.411 e. The summed E-state index contributed by atoms with van der Waals surface area (Å²) in [6.07, 6.45) is 6.27. The lowest BCUT2D eigenvalue weighted by Crippen LogP contribution is -2.61. The third-order valence-electron chi connectivity index (χ3n) is 13.6. The van der Waals surface area contributed by atoms with Crippen LogP contribution in [0, 0.1) is 28.6 Å². The number of methoxy groups -OCH3 is 1. The van der Waals surface area contributed by atoms with Crippen LogP contribution < -0.4 is 5.43 Å². The second-order valence-corrected chi connectivity index (χ2v) is 19.4. The summed E-state index contributed by atoms with van der Waals surface area (Å²) >= 11 is 0. The van der Waals surface area contributed by atoms with Gasteiger partial charge in [-0.25, -0.2) is 10.2 Å². The molecule has 350 valence electrons. The van der Waals surface area contributed by atoms with Crippen molar-refractivity contribution in [3.05, 3.63) is 84.2 Å². The number of benzene rings is 2. The number of pyridine rings is 1. The highest BCUT2D eigenvalue weighted by Crippen LogP contribution is 2.42. The van der Waals surface area contributed by atoms with E-state index in [-0.39, 0.29) is 62.8 Å². The van der Waals surface area contributed by atoms with Gasteiger partial charge in [-0.2, -0.15) is 5.26 Å². The third-order valence-corrected chi connectivity index (χ3v) is 13.6. The van der Waals surface area contributed by atoms with Gasteiger partial charge >= 0.3 is 23.3 Å². The lowest BCUT2D eigenvalue weighted by molar-refractivity contribution is -0.423. The summed E-state index contributed by atoms with van der Waals surface area (Å²) in [6, 6.07) is 15.4. The van der Waals surface area contributed by atoms with Crippen LogP contribution in [0.2, 0.25) is 0 Å². The molecule has 2 N–H and O–H groups in total. The monoisotopic (exact) mass is 911 g/mol. The van der Waals surface area contributed by atoms with Crippen molar-refractivity contribution in [1.82, 2.24) is 29.8 Å². The van der Waals surface area contributed by atoms with Gasteiger partial charge in [0.1, 0.15) is 18.3 Å². The number of cyclic esters (lactones) is 1. The summed E-state index contributed by atoms with van der Waals surface area (Å²) in [5, 5.41) is 23.9. The molecule has 4 amide bonds. The van der Waals surface area contributed by atoms with Gasteiger partial charge in [-0.05, 0) is 96.3 Å². The molecule has 16 nitrogen and oxygen atoms in total. The Morgan fingerprint density at radius 2 is 1.91 bits per heavy atom. The topological polar surface area (TPSA) is 190 Å². The molecule has 2 aromatic heterocycles. The van der Waals surface area contributed by atoms with Gasteiger partial charge in [-0.15, -0.1) is 4.58 Å². The average Bonchev–Trinajstić information content (AvgIpc) is 3.67. The number of hydrogen-bond acceptors (Lipinski definition) is 11. The van der Waals surface area contributed by atoms with Crippen LogP contribution >= 0.6 is 0 Å². The van der Waals surface area contributed by atoms with Crippen molar-refractivity contribution >= 4 is 46.7 Å². The molecule has 1 spiro atoms. The number of likely N-dealkylation sites (N-methyl/N-ethyl adjacent to an activating group) is 1. The number of fused-ring (bicyclic) bond motifs is 6. The largest absolute Gasteiger partial charge is 0.508 e. The van der Waals surface area contributed by atoms with Gasteiger partial charge in [0.2, 0.25) is 18.0 Å². The molecule has 2 fully saturated rings. The van der Waals surface area contributed by atoms with E-state index < -0.39 is 46.7 Å². The zero-order chi connectivity index (χ0) is 47.9.